The summed E-state index contributed by atoms with van der Waals surface area (Å²) in [7, 11) is 1.67. The van der Waals surface area contributed by atoms with E-state index in [1.54, 1.807) is 7.11 Å². The molecule has 2 rings (SSSR count). The van der Waals surface area contributed by atoms with Gasteiger partial charge in [0, 0.05) is 12.0 Å². The Morgan fingerprint density at radius 1 is 1.50 bits per heavy atom. The first-order valence-corrected chi connectivity index (χ1v) is 5.48. The van der Waals surface area contributed by atoms with Crippen molar-refractivity contribution in [2.45, 2.75) is 25.3 Å². The highest BCUT2D eigenvalue weighted by Crippen LogP contribution is 2.24. The number of hydrogen-bond donors (Lipinski definition) is 2. The van der Waals surface area contributed by atoms with Crippen molar-refractivity contribution in [3.8, 4) is 5.75 Å². The highest BCUT2D eigenvalue weighted by Gasteiger charge is 2.21. The van der Waals surface area contributed by atoms with Crippen LogP contribution in [0.5, 0.6) is 5.75 Å². The molecule has 1 aliphatic rings. The summed E-state index contributed by atoms with van der Waals surface area (Å²) >= 11 is 0. The lowest BCUT2D eigenvalue weighted by molar-refractivity contribution is 0.411. The van der Waals surface area contributed by atoms with E-state index in [0.717, 1.165) is 17.1 Å². The normalized spacial score (nSPS) is 16.0. The van der Waals surface area contributed by atoms with Crippen LogP contribution in [0.1, 0.15) is 18.4 Å². The van der Waals surface area contributed by atoms with Gasteiger partial charge in [0.25, 0.3) is 0 Å². The fourth-order valence-corrected chi connectivity index (χ4v) is 1.59. The summed E-state index contributed by atoms with van der Waals surface area (Å²) in [4.78, 5) is 4.50. The van der Waals surface area contributed by atoms with Gasteiger partial charge in [-0.15, -0.1) is 0 Å². The Labute approximate surface area is 95.5 Å². The Balaban J connectivity index is 2.11. The van der Waals surface area contributed by atoms with Crippen molar-refractivity contribution in [3.05, 3.63) is 29.8 Å². The maximum absolute atomic E-state index is 5.47. The number of rotatable bonds is 4. The van der Waals surface area contributed by atoms with E-state index in [9.17, 15) is 0 Å². The molecular weight excluding hydrogens is 202 g/mol. The van der Waals surface area contributed by atoms with Crippen molar-refractivity contribution in [1.29, 1.82) is 0 Å². The highest BCUT2D eigenvalue weighted by molar-refractivity contribution is 5.84. The van der Waals surface area contributed by atoms with Crippen LogP contribution in [0.4, 0.5) is 0 Å². The lowest BCUT2D eigenvalue weighted by Crippen LogP contribution is -2.32. The fourth-order valence-electron chi connectivity index (χ4n) is 1.59. The Hall–Kier alpha value is -1.55. The van der Waals surface area contributed by atoms with Gasteiger partial charge >= 0.3 is 0 Å². The van der Waals surface area contributed by atoms with Crippen LogP contribution in [0.15, 0.2) is 29.3 Å². The van der Waals surface area contributed by atoms with Gasteiger partial charge in [0.05, 0.1) is 13.2 Å². The van der Waals surface area contributed by atoms with Gasteiger partial charge in [-0.25, -0.2) is 5.84 Å². The van der Waals surface area contributed by atoms with Gasteiger partial charge in [-0.3, -0.25) is 4.99 Å². The molecule has 3 N–H and O–H groups in total. The third-order valence-corrected chi connectivity index (χ3v) is 2.60. The fraction of sp³-hybridized carbons (Fsp3) is 0.417. The number of ether oxygens (including phenoxy) is 1. The molecule has 0 unspecified atom stereocenters. The molecule has 1 aromatic carbocycles. The molecule has 0 spiro atoms. The largest absolute Gasteiger partial charge is 0.496 e. The smallest absolute Gasteiger partial charge is 0.122 e. The predicted octanol–water partition coefficient (Wildman–Crippen LogP) is 1.26. The number of hydrazine groups is 1. The van der Waals surface area contributed by atoms with Gasteiger partial charge in [-0.2, -0.15) is 0 Å². The molecule has 0 aliphatic heterocycles. The number of methoxy groups -OCH3 is 1. The molecule has 4 heteroatoms. The number of aliphatic imine (C=N–C) groups is 1. The number of nitrogens with one attached hydrogen (secondary N) is 1. The van der Waals surface area contributed by atoms with Gasteiger partial charge in [0.15, 0.2) is 0 Å². The van der Waals surface area contributed by atoms with E-state index >= 15 is 0 Å². The van der Waals surface area contributed by atoms with Crippen molar-refractivity contribution in [2.24, 2.45) is 10.8 Å². The number of para-hydroxylation sites is 1. The minimum Gasteiger partial charge on any atom is -0.496 e. The summed E-state index contributed by atoms with van der Waals surface area (Å²) in [5.41, 5.74) is 3.77. The van der Waals surface area contributed by atoms with Crippen molar-refractivity contribution < 1.29 is 4.74 Å². The molecule has 0 radical (unpaired) electrons. The SMILES string of the molecule is COc1ccccc1CC(=NC1CC1)NN. The maximum atomic E-state index is 5.47. The third kappa shape index (κ3) is 2.73. The molecule has 4 nitrogen and oxygen atoms in total. The average molecular weight is 219 g/mol. The predicted molar refractivity (Wildman–Crippen MR) is 64.5 cm³/mol. The van der Waals surface area contributed by atoms with E-state index in [1.807, 2.05) is 24.3 Å². The second-order valence-electron chi connectivity index (χ2n) is 3.94. The van der Waals surface area contributed by atoms with Crippen LogP contribution in [0, 0.1) is 0 Å². The van der Waals surface area contributed by atoms with Crippen LogP contribution >= 0.6 is 0 Å². The molecule has 0 atom stereocenters. The number of hydrogen-bond acceptors (Lipinski definition) is 3. The highest BCUT2D eigenvalue weighted by atomic mass is 16.5. The first-order chi connectivity index (χ1) is 7.83. The van der Waals surface area contributed by atoms with E-state index in [-0.39, 0.29) is 0 Å². The number of amidine groups is 1. The van der Waals surface area contributed by atoms with Crippen molar-refractivity contribution >= 4 is 5.84 Å². The minimum atomic E-state index is 0.473. The van der Waals surface area contributed by atoms with E-state index in [1.165, 1.54) is 12.8 Å². The number of benzene rings is 1. The molecule has 1 fully saturated rings. The Kier molecular flexibility index (Phi) is 3.41. The second kappa shape index (κ2) is 4.99. The number of nitrogens with two attached hydrogens (primary N) is 1. The molecule has 16 heavy (non-hydrogen) atoms. The maximum Gasteiger partial charge on any atom is 0.122 e. The van der Waals surface area contributed by atoms with Crippen molar-refractivity contribution in [2.75, 3.05) is 7.11 Å². The summed E-state index contributed by atoms with van der Waals surface area (Å²) in [5, 5.41) is 0. The Morgan fingerprint density at radius 3 is 2.88 bits per heavy atom. The van der Waals surface area contributed by atoms with Crippen LogP contribution in [0.3, 0.4) is 0 Å². The zero-order valence-corrected chi connectivity index (χ0v) is 9.44. The molecule has 0 heterocycles. The molecule has 0 saturated heterocycles. The van der Waals surface area contributed by atoms with Gasteiger partial charge in [0.1, 0.15) is 11.6 Å². The third-order valence-electron chi connectivity index (χ3n) is 2.60. The summed E-state index contributed by atoms with van der Waals surface area (Å²) in [6.45, 7) is 0. The van der Waals surface area contributed by atoms with Crippen LogP contribution in [0.2, 0.25) is 0 Å². The monoisotopic (exact) mass is 219 g/mol. The topological polar surface area (TPSA) is 59.6 Å². The van der Waals surface area contributed by atoms with Crippen LogP contribution in [-0.2, 0) is 6.42 Å². The molecular formula is C12H17N3O. The van der Waals surface area contributed by atoms with Crippen LogP contribution in [0.25, 0.3) is 0 Å². The van der Waals surface area contributed by atoms with Crippen molar-refractivity contribution in [1.82, 2.24) is 5.43 Å². The molecule has 0 bridgehead atoms. The Bertz CT molecular complexity index is 386. The van der Waals surface area contributed by atoms with Gasteiger partial charge in [0.2, 0.25) is 0 Å². The Morgan fingerprint density at radius 2 is 2.25 bits per heavy atom. The zero-order valence-electron chi connectivity index (χ0n) is 9.44. The second-order valence-corrected chi connectivity index (χ2v) is 3.94. The summed E-state index contributed by atoms with van der Waals surface area (Å²) in [6, 6.07) is 8.39. The van der Waals surface area contributed by atoms with Gasteiger partial charge in [-0.1, -0.05) is 18.2 Å². The summed E-state index contributed by atoms with van der Waals surface area (Å²) in [6.07, 6.45) is 3.05. The summed E-state index contributed by atoms with van der Waals surface area (Å²) < 4.78 is 5.29. The minimum absolute atomic E-state index is 0.473. The first kappa shape index (κ1) is 11.0. The molecule has 0 amide bonds. The van der Waals surface area contributed by atoms with Crippen LogP contribution < -0.4 is 16.0 Å². The summed E-state index contributed by atoms with van der Waals surface area (Å²) in [5.74, 6) is 7.17. The zero-order chi connectivity index (χ0) is 11.4. The molecule has 1 aliphatic carbocycles. The van der Waals surface area contributed by atoms with Gasteiger partial charge < -0.3 is 10.2 Å². The lowest BCUT2D eigenvalue weighted by atomic mass is 10.1. The molecule has 86 valence electrons. The average Bonchev–Trinajstić information content (AvgIpc) is 3.13. The van der Waals surface area contributed by atoms with Crippen LogP contribution in [-0.4, -0.2) is 19.0 Å². The van der Waals surface area contributed by atoms with E-state index in [0.29, 0.717) is 12.5 Å². The van der Waals surface area contributed by atoms with E-state index in [2.05, 4.69) is 10.4 Å². The standard InChI is InChI=1S/C12H17N3O/c1-16-11-5-3-2-4-9(11)8-12(15-13)14-10-6-7-10/h2-5,10H,6-8,13H2,1H3,(H,14,15). The quantitative estimate of drug-likeness (QED) is 0.347. The lowest BCUT2D eigenvalue weighted by Gasteiger charge is -2.09. The number of nitrogens with zero attached hydrogens (tertiary/aromatic N) is 1. The molecule has 0 aromatic heterocycles. The first-order valence-electron chi connectivity index (χ1n) is 5.48. The molecule has 1 aromatic rings. The van der Waals surface area contributed by atoms with E-state index in [4.69, 9.17) is 10.6 Å². The van der Waals surface area contributed by atoms with E-state index < -0.39 is 0 Å². The molecule has 1 saturated carbocycles. The van der Waals surface area contributed by atoms with Gasteiger partial charge in [-0.05, 0) is 18.9 Å². The van der Waals surface area contributed by atoms with Crippen molar-refractivity contribution in [3.63, 3.8) is 0 Å².